The Labute approximate surface area is 206 Å². The summed E-state index contributed by atoms with van der Waals surface area (Å²) in [5.41, 5.74) is 3.28. The number of benzene rings is 3. The van der Waals surface area contributed by atoms with Crippen molar-refractivity contribution in [3.8, 4) is 5.75 Å². The van der Waals surface area contributed by atoms with Crippen LogP contribution < -0.4 is 4.18 Å². The summed E-state index contributed by atoms with van der Waals surface area (Å²) >= 11 is 7.11. The number of hydrogen-bond donors (Lipinski definition) is 0. The van der Waals surface area contributed by atoms with E-state index >= 15 is 0 Å². The third kappa shape index (κ3) is 5.69. The Kier molecular flexibility index (Phi) is 7.96. The molecule has 32 heavy (non-hydrogen) atoms. The Hall–Kier alpha value is -1.96. The summed E-state index contributed by atoms with van der Waals surface area (Å²) in [6.07, 6.45) is 0. The van der Waals surface area contributed by atoms with Crippen LogP contribution in [0.25, 0.3) is 0 Å². The van der Waals surface area contributed by atoms with Crippen molar-refractivity contribution in [2.24, 2.45) is 0 Å². The third-order valence-electron chi connectivity index (χ3n) is 5.09. The number of rotatable bonds is 8. The van der Waals surface area contributed by atoms with Gasteiger partial charge in [-0.25, -0.2) is 0 Å². The Morgan fingerprint density at radius 2 is 1.41 bits per heavy atom. The van der Waals surface area contributed by atoms with E-state index in [4.69, 9.17) is 4.18 Å². The third-order valence-corrected chi connectivity index (χ3v) is 9.05. The minimum Gasteiger partial charge on any atom is -0.378 e. The lowest BCUT2D eigenvalue weighted by molar-refractivity contribution is 0.0989. The summed E-state index contributed by atoms with van der Waals surface area (Å²) in [7, 11) is -4.08. The molecule has 0 radical (unpaired) electrons. The molecular formula is C25H24Br2O4S. The van der Waals surface area contributed by atoms with Crippen LogP contribution in [0.3, 0.4) is 0 Å². The van der Waals surface area contributed by atoms with Gasteiger partial charge in [0.1, 0.15) is 4.90 Å². The number of halogens is 2. The number of aryl methyl sites for hydroxylation is 1. The Morgan fingerprint density at radius 1 is 0.844 bits per heavy atom. The molecule has 0 saturated carbocycles. The van der Waals surface area contributed by atoms with Gasteiger partial charge >= 0.3 is 10.1 Å². The van der Waals surface area contributed by atoms with Gasteiger partial charge < -0.3 is 4.18 Å². The van der Waals surface area contributed by atoms with Crippen LogP contribution in [0, 0.1) is 6.92 Å². The Bertz CT molecular complexity index is 1190. The van der Waals surface area contributed by atoms with E-state index in [0.29, 0.717) is 5.92 Å². The summed E-state index contributed by atoms with van der Waals surface area (Å²) < 4.78 is 30.9. The number of alkyl halides is 2. The second-order valence-electron chi connectivity index (χ2n) is 7.84. The maximum Gasteiger partial charge on any atom is 0.339 e. The molecule has 0 bridgehead atoms. The van der Waals surface area contributed by atoms with Gasteiger partial charge in [-0.1, -0.05) is 99.8 Å². The number of para-hydroxylation sites is 1. The highest BCUT2D eigenvalue weighted by Crippen LogP contribution is 2.36. The molecule has 0 unspecified atom stereocenters. The van der Waals surface area contributed by atoms with Crippen molar-refractivity contribution in [3.63, 3.8) is 0 Å². The first-order valence-corrected chi connectivity index (χ1v) is 13.4. The molecule has 0 spiro atoms. The number of hydrogen-bond acceptors (Lipinski definition) is 4. The molecule has 3 rings (SSSR count). The first-order valence-electron chi connectivity index (χ1n) is 10.1. The standard InChI is InChI=1S/C25H24Br2O4S/c1-16(2)18-10-12-19(13-11-18)23(26)24(27)25(28)21-6-4-5-7-22(21)31-32(29,30)20-14-8-17(3)9-15-20/h4-16,23-24H,1-3H3/t23-,24+/m1/s1. The molecule has 0 aromatic heterocycles. The molecule has 3 aromatic rings. The molecule has 0 aliphatic carbocycles. The summed E-state index contributed by atoms with van der Waals surface area (Å²) in [4.78, 5) is 12.4. The topological polar surface area (TPSA) is 60.4 Å². The fourth-order valence-electron chi connectivity index (χ4n) is 3.13. The van der Waals surface area contributed by atoms with Crippen molar-refractivity contribution in [2.75, 3.05) is 0 Å². The summed E-state index contributed by atoms with van der Waals surface area (Å²) in [5, 5.41) is 0. The molecular weight excluding hydrogens is 556 g/mol. The Morgan fingerprint density at radius 3 is 2.00 bits per heavy atom. The van der Waals surface area contributed by atoms with E-state index in [1.165, 1.54) is 23.8 Å². The fraction of sp³-hybridized carbons (Fsp3) is 0.240. The van der Waals surface area contributed by atoms with Crippen LogP contribution >= 0.6 is 31.9 Å². The molecule has 3 aromatic carbocycles. The van der Waals surface area contributed by atoms with Crippen LogP contribution in [0.15, 0.2) is 77.7 Å². The van der Waals surface area contributed by atoms with Crippen LogP contribution in [0.5, 0.6) is 5.75 Å². The maximum atomic E-state index is 13.3. The highest BCUT2D eigenvalue weighted by atomic mass is 79.9. The summed E-state index contributed by atoms with van der Waals surface area (Å²) in [5.74, 6) is 0.130. The van der Waals surface area contributed by atoms with E-state index in [9.17, 15) is 13.2 Å². The predicted molar refractivity (Wildman–Crippen MR) is 135 cm³/mol. The Balaban J connectivity index is 1.85. The second-order valence-corrected chi connectivity index (χ2v) is 11.4. The van der Waals surface area contributed by atoms with Gasteiger partial charge in [0.15, 0.2) is 11.5 Å². The molecule has 0 N–H and O–H groups in total. The first-order chi connectivity index (χ1) is 15.1. The van der Waals surface area contributed by atoms with Crippen molar-refractivity contribution in [3.05, 3.63) is 95.1 Å². The van der Waals surface area contributed by atoms with Crippen LogP contribution in [0.2, 0.25) is 0 Å². The van der Waals surface area contributed by atoms with Crippen molar-refractivity contribution in [2.45, 2.75) is 41.2 Å². The molecule has 168 valence electrons. The minimum atomic E-state index is -4.08. The normalized spacial score (nSPS) is 13.6. The first kappa shape index (κ1) is 24.7. The van der Waals surface area contributed by atoms with Gasteiger partial charge in [0.05, 0.1) is 15.2 Å². The number of carbonyl (C=O) groups is 1. The lowest BCUT2D eigenvalue weighted by Gasteiger charge is -2.18. The zero-order chi connectivity index (χ0) is 23.5. The maximum absolute atomic E-state index is 13.3. The van der Waals surface area contributed by atoms with Gasteiger partial charge in [0, 0.05) is 0 Å². The smallest absolute Gasteiger partial charge is 0.339 e. The van der Waals surface area contributed by atoms with E-state index < -0.39 is 14.9 Å². The molecule has 7 heteroatoms. The molecule has 0 aliphatic heterocycles. The van der Waals surface area contributed by atoms with Gasteiger partial charge in [-0.3, -0.25) is 4.79 Å². The van der Waals surface area contributed by atoms with Gasteiger partial charge in [-0.05, 0) is 48.2 Å². The molecule has 0 heterocycles. The number of Topliss-reactive ketones (excluding diaryl/α,β-unsaturated/α-hetero) is 1. The monoisotopic (exact) mass is 578 g/mol. The fourth-order valence-corrected chi connectivity index (χ4v) is 5.17. The summed E-state index contributed by atoms with van der Waals surface area (Å²) in [6.45, 7) is 6.12. The van der Waals surface area contributed by atoms with Crippen molar-refractivity contribution in [1.29, 1.82) is 0 Å². The van der Waals surface area contributed by atoms with Gasteiger partial charge in [0.2, 0.25) is 0 Å². The molecule has 0 aliphatic rings. The van der Waals surface area contributed by atoms with Crippen LogP contribution in [0.1, 0.15) is 51.6 Å². The van der Waals surface area contributed by atoms with E-state index in [1.807, 2.05) is 31.2 Å². The van der Waals surface area contributed by atoms with Gasteiger partial charge in [-0.2, -0.15) is 8.42 Å². The van der Waals surface area contributed by atoms with E-state index in [1.54, 1.807) is 30.3 Å². The van der Waals surface area contributed by atoms with Gasteiger partial charge in [-0.15, -0.1) is 0 Å². The summed E-state index contributed by atoms with van der Waals surface area (Å²) in [6, 6.07) is 20.8. The van der Waals surface area contributed by atoms with Crippen molar-refractivity contribution < 1.29 is 17.4 Å². The zero-order valence-electron chi connectivity index (χ0n) is 18.0. The average molecular weight is 580 g/mol. The van der Waals surface area contributed by atoms with Crippen LogP contribution in [0.4, 0.5) is 0 Å². The van der Waals surface area contributed by atoms with Crippen molar-refractivity contribution >= 4 is 47.8 Å². The van der Waals surface area contributed by atoms with Crippen LogP contribution in [-0.4, -0.2) is 19.0 Å². The van der Waals surface area contributed by atoms with Crippen molar-refractivity contribution in [1.82, 2.24) is 0 Å². The SMILES string of the molecule is Cc1ccc(S(=O)(=O)Oc2ccccc2C(=O)[C@@H](Br)[C@H](Br)c2ccc(C(C)C)cc2)cc1. The highest BCUT2D eigenvalue weighted by molar-refractivity contribution is 9.12. The largest absolute Gasteiger partial charge is 0.378 e. The lowest BCUT2D eigenvalue weighted by Crippen LogP contribution is -2.21. The van der Waals surface area contributed by atoms with E-state index in [2.05, 4.69) is 45.7 Å². The predicted octanol–water partition coefficient (Wildman–Crippen LogP) is 6.97. The quantitative estimate of drug-likeness (QED) is 0.164. The second kappa shape index (κ2) is 10.3. The van der Waals surface area contributed by atoms with E-state index in [-0.39, 0.29) is 26.8 Å². The molecule has 0 fully saturated rings. The lowest BCUT2D eigenvalue weighted by atomic mass is 9.98. The van der Waals surface area contributed by atoms with E-state index in [0.717, 1.165) is 11.1 Å². The molecule has 0 saturated heterocycles. The number of carbonyl (C=O) groups excluding carboxylic acids is 1. The molecule has 2 atom stereocenters. The minimum absolute atomic E-state index is 0.00243. The molecule has 0 amide bonds. The number of ketones is 1. The average Bonchev–Trinajstić information content (AvgIpc) is 2.78. The highest BCUT2D eigenvalue weighted by Gasteiger charge is 2.29. The molecule has 4 nitrogen and oxygen atoms in total. The van der Waals surface area contributed by atoms with Gasteiger partial charge in [0.25, 0.3) is 0 Å². The zero-order valence-corrected chi connectivity index (χ0v) is 21.9. The van der Waals surface area contributed by atoms with Crippen LogP contribution in [-0.2, 0) is 10.1 Å².